The fraction of sp³-hybridized carbons (Fsp3) is 0.429. The van der Waals surface area contributed by atoms with Crippen molar-refractivity contribution in [3.63, 3.8) is 0 Å². The molecule has 4 heteroatoms. The lowest BCUT2D eigenvalue weighted by Crippen LogP contribution is -2.33. The third-order valence-electron chi connectivity index (χ3n) is 3.31. The zero-order chi connectivity index (χ0) is 13.0. The quantitative estimate of drug-likeness (QED) is 0.748. The lowest BCUT2D eigenvalue weighted by molar-refractivity contribution is 0.0601. The van der Waals surface area contributed by atoms with E-state index in [2.05, 4.69) is 11.0 Å². The van der Waals surface area contributed by atoms with Gasteiger partial charge in [0.2, 0.25) is 0 Å². The third-order valence-corrected chi connectivity index (χ3v) is 3.31. The molecule has 0 aliphatic carbocycles. The van der Waals surface area contributed by atoms with Crippen LogP contribution in [0.15, 0.2) is 24.3 Å². The summed E-state index contributed by atoms with van der Waals surface area (Å²) in [5.41, 5.74) is 1.59. The minimum atomic E-state index is -0.316. The molecule has 0 amide bonds. The Labute approximate surface area is 107 Å². The van der Waals surface area contributed by atoms with Gasteiger partial charge in [-0.2, -0.15) is 5.26 Å². The van der Waals surface area contributed by atoms with Crippen LogP contribution < -0.4 is 4.90 Å². The van der Waals surface area contributed by atoms with Crippen LogP contribution in [0.2, 0.25) is 0 Å². The fourth-order valence-electron chi connectivity index (χ4n) is 2.21. The lowest BCUT2D eigenvalue weighted by Gasteiger charge is -2.31. The summed E-state index contributed by atoms with van der Waals surface area (Å²) >= 11 is 0. The van der Waals surface area contributed by atoms with Crippen LogP contribution in [0.25, 0.3) is 0 Å². The maximum absolute atomic E-state index is 11.5. The second kappa shape index (κ2) is 5.54. The first-order chi connectivity index (χ1) is 8.74. The fourth-order valence-corrected chi connectivity index (χ4v) is 2.21. The predicted octanol–water partition coefficient (Wildman–Crippen LogP) is 2.21. The van der Waals surface area contributed by atoms with Crippen LogP contribution >= 0.6 is 0 Å². The summed E-state index contributed by atoms with van der Waals surface area (Å²) in [6.45, 7) is 1.73. The summed E-state index contributed by atoms with van der Waals surface area (Å²) in [7, 11) is 1.38. The average molecular weight is 244 g/mol. The van der Waals surface area contributed by atoms with Crippen molar-refractivity contribution in [2.75, 3.05) is 25.1 Å². The molecule has 0 radical (unpaired) electrons. The van der Waals surface area contributed by atoms with Crippen molar-refractivity contribution in [3.05, 3.63) is 29.8 Å². The normalized spacial score (nSPS) is 16.1. The van der Waals surface area contributed by atoms with Crippen molar-refractivity contribution in [1.82, 2.24) is 0 Å². The molecule has 94 valence electrons. The molecule has 0 atom stereocenters. The number of methoxy groups -OCH3 is 1. The zero-order valence-electron chi connectivity index (χ0n) is 10.4. The number of hydrogen-bond donors (Lipinski definition) is 0. The van der Waals surface area contributed by atoms with E-state index in [1.165, 1.54) is 7.11 Å². The Morgan fingerprint density at radius 2 is 2.17 bits per heavy atom. The molecule has 0 aromatic heterocycles. The Morgan fingerprint density at radius 3 is 2.78 bits per heavy atom. The number of carbonyl (C=O) groups excluding carboxylic acids is 1. The van der Waals surface area contributed by atoms with Gasteiger partial charge in [0.1, 0.15) is 0 Å². The number of ether oxygens (including phenoxy) is 1. The van der Waals surface area contributed by atoms with Crippen molar-refractivity contribution < 1.29 is 9.53 Å². The van der Waals surface area contributed by atoms with Gasteiger partial charge in [0.15, 0.2) is 0 Å². The van der Waals surface area contributed by atoms with Gasteiger partial charge in [0, 0.05) is 24.7 Å². The molecule has 1 fully saturated rings. The van der Waals surface area contributed by atoms with Gasteiger partial charge in [0.25, 0.3) is 0 Å². The van der Waals surface area contributed by atoms with Crippen molar-refractivity contribution in [2.24, 2.45) is 5.92 Å². The van der Waals surface area contributed by atoms with Crippen LogP contribution in [0.5, 0.6) is 0 Å². The number of nitrogens with zero attached hydrogens (tertiary/aromatic N) is 2. The van der Waals surface area contributed by atoms with E-state index < -0.39 is 0 Å². The summed E-state index contributed by atoms with van der Waals surface area (Å²) < 4.78 is 4.71. The molecule has 18 heavy (non-hydrogen) atoms. The number of esters is 1. The number of piperidine rings is 1. The average Bonchev–Trinajstić information content (AvgIpc) is 2.46. The predicted molar refractivity (Wildman–Crippen MR) is 68.3 cm³/mol. The van der Waals surface area contributed by atoms with E-state index in [9.17, 15) is 4.79 Å². The lowest BCUT2D eigenvalue weighted by atomic mass is 9.98. The second-order valence-electron chi connectivity index (χ2n) is 4.43. The van der Waals surface area contributed by atoms with Gasteiger partial charge in [-0.25, -0.2) is 4.79 Å². The number of carbonyl (C=O) groups is 1. The number of anilines is 1. The standard InChI is InChI=1S/C14H16N2O2/c1-18-14(17)12-3-2-4-13(9-12)16-7-5-11(10-15)6-8-16/h2-4,9,11H,5-8H2,1H3. The first kappa shape index (κ1) is 12.4. The highest BCUT2D eigenvalue weighted by atomic mass is 16.5. The Kier molecular flexibility index (Phi) is 3.83. The third kappa shape index (κ3) is 2.62. The molecule has 0 saturated carbocycles. The van der Waals surface area contributed by atoms with Crippen LogP contribution in [-0.4, -0.2) is 26.2 Å². The summed E-state index contributed by atoms with van der Waals surface area (Å²) in [5, 5.41) is 8.87. The van der Waals surface area contributed by atoms with E-state index in [-0.39, 0.29) is 11.9 Å². The molecule has 1 aliphatic heterocycles. The largest absolute Gasteiger partial charge is 0.465 e. The molecule has 0 spiro atoms. The van der Waals surface area contributed by atoms with Gasteiger partial charge < -0.3 is 9.64 Å². The molecule has 0 unspecified atom stereocenters. The Balaban J connectivity index is 2.10. The van der Waals surface area contributed by atoms with Gasteiger partial charge in [0.05, 0.1) is 18.7 Å². The first-order valence-corrected chi connectivity index (χ1v) is 6.07. The van der Waals surface area contributed by atoms with E-state index in [1.54, 1.807) is 6.07 Å². The Hall–Kier alpha value is -2.02. The van der Waals surface area contributed by atoms with Crippen LogP contribution in [-0.2, 0) is 4.74 Å². The van der Waals surface area contributed by atoms with Gasteiger partial charge >= 0.3 is 5.97 Å². The summed E-state index contributed by atoms with van der Waals surface area (Å²) in [5.74, 6) is -0.145. The molecule has 1 aromatic rings. The molecule has 1 heterocycles. The second-order valence-corrected chi connectivity index (χ2v) is 4.43. The monoisotopic (exact) mass is 244 g/mol. The highest BCUT2D eigenvalue weighted by molar-refractivity contribution is 5.90. The zero-order valence-corrected chi connectivity index (χ0v) is 10.4. The molecule has 1 saturated heterocycles. The van der Waals surface area contributed by atoms with E-state index >= 15 is 0 Å². The molecule has 2 rings (SSSR count). The van der Waals surface area contributed by atoms with E-state index in [4.69, 9.17) is 10.00 Å². The number of hydrogen-bond acceptors (Lipinski definition) is 4. The summed E-state index contributed by atoms with van der Waals surface area (Å²) in [4.78, 5) is 13.7. The van der Waals surface area contributed by atoms with Crippen molar-refractivity contribution >= 4 is 11.7 Å². The van der Waals surface area contributed by atoms with Crippen LogP contribution in [0.1, 0.15) is 23.2 Å². The Morgan fingerprint density at radius 1 is 1.44 bits per heavy atom. The van der Waals surface area contributed by atoms with Gasteiger partial charge in [-0.3, -0.25) is 0 Å². The van der Waals surface area contributed by atoms with Crippen LogP contribution in [0.3, 0.4) is 0 Å². The smallest absolute Gasteiger partial charge is 0.337 e. The maximum atomic E-state index is 11.5. The van der Waals surface area contributed by atoms with Gasteiger partial charge in [-0.15, -0.1) is 0 Å². The highest BCUT2D eigenvalue weighted by Crippen LogP contribution is 2.23. The molecule has 1 aliphatic rings. The number of nitriles is 1. The topological polar surface area (TPSA) is 53.3 Å². The molecule has 4 nitrogen and oxygen atoms in total. The van der Waals surface area contributed by atoms with Crippen molar-refractivity contribution in [1.29, 1.82) is 5.26 Å². The van der Waals surface area contributed by atoms with Crippen molar-refractivity contribution in [3.8, 4) is 6.07 Å². The molecule has 0 N–H and O–H groups in total. The molecular formula is C14H16N2O2. The molecule has 0 bridgehead atoms. The minimum Gasteiger partial charge on any atom is -0.465 e. The first-order valence-electron chi connectivity index (χ1n) is 6.07. The molecule has 1 aromatic carbocycles. The van der Waals surface area contributed by atoms with Gasteiger partial charge in [-0.1, -0.05) is 6.07 Å². The van der Waals surface area contributed by atoms with Crippen LogP contribution in [0.4, 0.5) is 5.69 Å². The van der Waals surface area contributed by atoms with Crippen LogP contribution in [0, 0.1) is 17.2 Å². The Bertz CT molecular complexity index is 471. The molecular weight excluding hydrogens is 228 g/mol. The van der Waals surface area contributed by atoms with E-state index in [1.807, 2.05) is 18.2 Å². The minimum absolute atomic E-state index is 0.171. The SMILES string of the molecule is COC(=O)c1cccc(N2CCC(C#N)CC2)c1. The summed E-state index contributed by atoms with van der Waals surface area (Å²) in [6, 6.07) is 9.75. The van der Waals surface area contributed by atoms with E-state index in [0.717, 1.165) is 31.6 Å². The highest BCUT2D eigenvalue weighted by Gasteiger charge is 2.19. The number of rotatable bonds is 2. The summed E-state index contributed by atoms with van der Waals surface area (Å²) in [6.07, 6.45) is 1.78. The number of benzene rings is 1. The van der Waals surface area contributed by atoms with Crippen molar-refractivity contribution in [2.45, 2.75) is 12.8 Å². The van der Waals surface area contributed by atoms with E-state index in [0.29, 0.717) is 5.56 Å². The maximum Gasteiger partial charge on any atom is 0.337 e. The van der Waals surface area contributed by atoms with Gasteiger partial charge in [-0.05, 0) is 31.0 Å².